The maximum absolute atomic E-state index is 13.0. The second-order valence-corrected chi connectivity index (χ2v) is 8.68. The minimum atomic E-state index is -0.282. The number of benzene rings is 1. The van der Waals surface area contributed by atoms with Crippen molar-refractivity contribution in [1.29, 1.82) is 0 Å². The molecule has 1 N–H and O–H groups in total. The number of hydrogen-bond donors (Lipinski definition) is 1. The Morgan fingerprint density at radius 2 is 2.15 bits per heavy atom. The van der Waals surface area contributed by atoms with E-state index in [4.69, 9.17) is 0 Å². The van der Waals surface area contributed by atoms with Crippen molar-refractivity contribution in [3.63, 3.8) is 0 Å². The lowest BCUT2D eigenvalue weighted by Crippen LogP contribution is -2.27. The van der Waals surface area contributed by atoms with E-state index in [0.717, 1.165) is 20.5 Å². The number of carbonyl (C=O) groups excluding carboxylic acids is 1. The smallest absolute Gasteiger partial charge is 0.263 e. The number of thiophene rings is 2. The SMILES string of the molecule is Cc1ccc(NC(=O)Cn2cnc3scc(-c4cccs4)c3c2=O)c(Br)c1. The predicted octanol–water partition coefficient (Wildman–Crippen LogP) is 4.90. The highest BCUT2D eigenvalue weighted by Crippen LogP contribution is 2.33. The first-order valence-electron chi connectivity index (χ1n) is 8.09. The molecule has 0 aliphatic rings. The lowest BCUT2D eigenvalue weighted by Gasteiger charge is -2.09. The molecule has 0 radical (unpaired) electrons. The van der Waals surface area contributed by atoms with Gasteiger partial charge in [-0.2, -0.15) is 0 Å². The number of halogens is 1. The topological polar surface area (TPSA) is 64.0 Å². The Morgan fingerprint density at radius 3 is 2.89 bits per heavy atom. The molecule has 5 nitrogen and oxygen atoms in total. The van der Waals surface area contributed by atoms with Crippen molar-refractivity contribution in [2.24, 2.45) is 0 Å². The van der Waals surface area contributed by atoms with Gasteiger partial charge < -0.3 is 5.32 Å². The van der Waals surface area contributed by atoms with Crippen LogP contribution in [-0.2, 0) is 11.3 Å². The zero-order chi connectivity index (χ0) is 19.0. The van der Waals surface area contributed by atoms with Gasteiger partial charge in [0.2, 0.25) is 5.91 Å². The normalized spacial score (nSPS) is 11.0. The van der Waals surface area contributed by atoms with Crippen LogP contribution in [0.1, 0.15) is 5.56 Å². The minimum Gasteiger partial charge on any atom is -0.324 e. The van der Waals surface area contributed by atoms with E-state index in [9.17, 15) is 9.59 Å². The number of fused-ring (bicyclic) bond motifs is 1. The lowest BCUT2D eigenvalue weighted by atomic mass is 10.2. The average molecular weight is 460 g/mol. The van der Waals surface area contributed by atoms with Gasteiger partial charge in [-0.15, -0.1) is 22.7 Å². The number of carbonyl (C=O) groups is 1. The molecule has 0 spiro atoms. The van der Waals surface area contributed by atoms with Crippen molar-refractivity contribution in [3.05, 3.63) is 67.8 Å². The van der Waals surface area contributed by atoms with E-state index in [1.807, 2.05) is 48.0 Å². The molecule has 8 heteroatoms. The summed E-state index contributed by atoms with van der Waals surface area (Å²) in [6.45, 7) is 1.88. The molecule has 0 aliphatic heterocycles. The summed E-state index contributed by atoms with van der Waals surface area (Å²) in [5.41, 5.74) is 2.42. The number of nitrogens with zero attached hydrogens (tertiary/aromatic N) is 2. The molecule has 0 saturated heterocycles. The van der Waals surface area contributed by atoms with Crippen LogP contribution < -0.4 is 10.9 Å². The second kappa shape index (κ2) is 7.38. The quantitative estimate of drug-likeness (QED) is 0.472. The van der Waals surface area contributed by atoms with Gasteiger partial charge in [-0.3, -0.25) is 14.2 Å². The molecular formula is C19H14BrN3O2S2. The van der Waals surface area contributed by atoms with Crippen LogP contribution in [0.2, 0.25) is 0 Å². The van der Waals surface area contributed by atoms with E-state index in [0.29, 0.717) is 15.9 Å². The lowest BCUT2D eigenvalue weighted by molar-refractivity contribution is -0.116. The van der Waals surface area contributed by atoms with Crippen molar-refractivity contribution in [3.8, 4) is 10.4 Å². The molecule has 4 aromatic rings. The zero-order valence-electron chi connectivity index (χ0n) is 14.2. The zero-order valence-corrected chi connectivity index (χ0v) is 17.5. The summed E-state index contributed by atoms with van der Waals surface area (Å²) in [5, 5.41) is 7.31. The van der Waals surface area contributed by atoms with Gasteiger partial charge in [-0.25, -0.2) is 4.98 Å². The number of rotatable bonds is 4. The van der Waals surface area contributed by atoms with E-state index < -0.39 is 0 Å². The van der Waals surface area contributed by atoms with E-state index in [-0.39, 0.29) is 18.0 Å². The Bertz CT molecular complexity index is 1200. The van der Waals surface area contributed by atoms with Crippen LogP contribution in [0.3, 0.4) is 0 Å². The van der Waals surface area contributed by atoms with Crippen LogP contribution in [0.15, 0.2) is 56.7 Å². The first-order chi connectivity index (χ1) is 13.0. The van der Waals surface area contributed by atoms with Gasteiger partial charge in [0.15, 0.2) is 0 Å². The van der Waals surface area contributed by atoms with Gasteiger partial charge >= 0.3 is 0 Å². The van der Waals surface area contributed by atoms with Crippen molar-refractivity contribution in [2.45, 2.75) is 13.5 Å². The molecule has 1 amide bonds. The maximum Gasteiger partial charge on any atom is 0.263 e. The van der Waals surface area contributed by atoms with Crippen molar-refractivity contribution < 1.29 is 4.79 Å². The molecule has 0 unspecified atom stereocenters. The number of aryl methyl sites for hydroxylation is 1. The minimum absolute atomic E-state index is 0.0954. The Kier molecular flexibility index (Phi) is 4.94. The van der Waals surface area contributed by atoms with Gasteiger partial charge in [0.1, 0.15) is 11.4 Å². The first kappa shape index (κ1) is 18.1. The molecule has 0 fully saturated rings. The molecule has 1 aromatic carbocycles. The molecule has 0 bridgehead atoms. The monoisotopic (exact) mass is 459 g/mol. The van der Waals surface area contributed by atoms with Crippen LogP contribution in [0, 0.1) is 6.92 Å². The molecule has 4 rings (SSSR count). The highest BCUT2D eigenvalue weighted by atomic mass is 79.9. The summed E-state index contributed by atoms with van der Waals surface area (Å²) in [6.07, 6.45) is 1.43. The summed E-state index contributed by atoms with van der Waals surface area (Å²) >= 11 is 6.45. The van der Waals surface area contributed by atoms with Crippen LogP contribution in [-0.4, -0.2) is 15.5 Å². The Balaban J connectivity index is 1.64. The predicted molar refractivity (Wildman–Crippen MR) is 115 cm³/mol. The van der Waals surface area contributed by atoms with Gasteiger partial charge in [-0.05, 0) is 52.0 Å². The summed E-state index contributed by atoms with van der Waals surface area (Å²) in [6, 6.07) is 9.60. The highest BCUT2D eigenvalue weighted by molar-refractivity contribution is 9.10. The molecule has 0 saturated carbocycles. The third kappa shape index (κ3) is 3.60. The molecule has 0 atom stereocenters. The maximum atomic E-state index is 13.0. The van der Waals surface area contributed by atoms with E-state index in [1.165, 1.54) is 22.2 Å². The second-order valence-electron chi connectivity index (χ2n) is 6.02. The fraction of sp³-hybridized carbons (Fsp3) is 0.105. The molecule has 27 heavy (non-hydrogen) atoms. The largest absolute Gasteiger partial charge is 0.324 e. The van der Waals surface area contributed by atoms with Crippen LogP contribution in [0.25, 0.3) is 20.7 Å². The van der Waals surface area contributed by atoms with Crippen molar-refractivity contribution >= 4 is 60.4 Å². The number of amides is 1. The average Bonchev–Trinajstić information content (AvgIpc) is 3.29. The first-order valence-corrected chi connectivity index (χ1v) is 10.6. The van der Waals surface area contributed by atoms with Crippen molar-refractivity contribution in [2.75, 3.05) is 5.32 Å². The molecule has 3 heterocycles. The van der Waals surface area contributed by atoms with Gasteiger partial charge in [-0.1, -0.05) is 12.1 Å². The summed E-state index contributed by atoms with van der Waals surface area (Å²) in [4.78, 5) is 31.5. The molecule has 136 valence electrons. The number of anilines is 1. The highest BCUT2D eigenvalue weighted by Gasteiger charge is 2.15. The fourth-order valence-corrected chi connectivity index (χ4v) is 5.07. The summed E-state index contributed by atoms with van der Waals surface area (Å²) in [7, 11) is 0. The fourth-order valence-electron chi connectivity index (χ4n) is 2.76. The molecule has 0 aliphatic carbocycles. The third-order valence-electron chi connectivity index (χ3n) is 4.06. The summed E-state index contributed by atoms with van der Waals surface area (Å²) in [5.74, 6) is -0.282. The van der Waals surface area contributed by atoms with E-state index in [2.05, 4.69) is 26.2 Å². The Labute approximate surface area is 171 Å². The number of aromatic nitrogens is 2. The molecule has 3 aromatic heterocycles. The third-order valence-corrected chi connectivity index (χ3v) is 6.51. The van der Waals surface area contributed by atoms with Gasteiger partial charge in [0, 0.05) is 20.3 Å². The van der Waals surface area contributed by atoms with Crippen LogP contribution >= 0.6 is 38.6 Å². The van der Waals surface area contributed by atoms with Crippen LogP contribution in [0.5, 0.6) is 0 Å². The number of nitrogens with one attached hydrogen (secondary N) is 1. The van der Waals surface area contributed by atoms with Crippen molar-refractivity contribution in [1.82, 2.24) is 9.55 Å². The Hall–Kier alpha value is -2.29. The molecular weight excluding hydrogens is 446 g/mol. The van der Waals surface area contributed by atoms with Gasteiger partial charge in [0.05, 0.1) is 17.4 Å². The summed E-state index contributed by atoms with van der Waals surface area (Å²) < 4.78 is 2.15. The number of hydrogen-bond acceptors (Lipinski definition) is 5. The van der Waals surface area contributed by atoms with Crippen LogP contribution in [0.4, 0.5) is 5.69 Å². The standard InChI is InChI=1S/C19H14BrN3O2S2/c1-11-4-5-14(13(20)7-11)22-16(24)8-23-10-21-18-17(19(23)25)12(9-27-18)15-3-2-6-26-15/h2-7,9-10H,8H2,1H3,(H,22,24). The van der Waals surface area contributed by atoms with E-state index in [1.54, 1.807) is 11.3 Å². The Morgan fingerprint density at radius 1 is 1.30 bits per heavy atom. The van der Waals surface area contributed by atoms with E-state index >= 15 is 0 Å². The van der Waals surface area contributed by atoms with Gasteiger partial charge in [0.25, 0.3) is 5.56 Å².